The van der Waals surface area contributed by atoms with Gasteiger partial charge in [0.2, 0.25) is 5.95 Å². The number of nitrogens with one attached hydrogen (secondary N) is 1. The van der Waals surface area contributed by atoms with Gasteiger partial charge in [0.05, 0.1) is 24.3 Å². The Kier molecular flexibility index (Phi) is 3.65. The quantitative estimate of drug-likeness (QED) is 0.782. The van der Waals surface area contributed by atoms with Crippen molar-refractivity contribution in [3.05, 3.63) is 41.2 Å². The van der Waals surface area contributed by atoms with Crippen LogP contribution >= 0.6 is 0 Å². The summed E-state index contributed by atoms with van der Waals surface area (Å²) in [6.07, 6.45) is 2.96. The SMILES string of the molecule is Cc1nn(C2COC2)c2nc(Nc3ccc4c(c3)CN(C)CC4)ncc12. The van der Waals surface area contributed by atoms with Gasteiger partial charge in [-0.25, -0.2) is 9.67 Å². The van der Waals surface area contributed by atoms with Gasteiger partial charge < -0.3 is 15.0 Å². The molecule has 3 aromatic rings. The summed E-state index contributed by atoms with van der Waals surface area (Å²) in [6.45, 7) is 5.49. The van der Waals surface area contributed by atoms with Crippen LogP contribution in [0.3, 0.4) is 0 Å². The van der Waals surface area contributed by atoms with E-state index < -0.39 is 0 Å². The van der Waals surface area contributed by atoms with Crippen LogP contribution in [0.5, 0.6) is 0 Å². The molecule has 26 heavy (non-hydrogen) atoms. The smallest absolute Gasteiger partial charge is 0.229 e. The largest absolute Gasteiger partial charge is 0.377 e. The maximum Gasteiger partial charge on any atom is 0.229 e. The molecule has 7 nitrogen and oxygen atoms in total. The summed E-state index contributed by atoms with van der Waals surface area (Å²) >= 11 is 0. The molecule has 2 aliphatic heterocycles. The van der Waals surface area contributed by atoms with Crippen molar-refractivity contribution in [3.8, 4) is 0 Å². The molecular weight excluding hydrogens is 328 g/mol. The topological polar surface area (TPSA) is 68.1 Å². The molecule has 134 valence electrons. The molecule has 0 bridgehead atoms. The Labute approximate surface area is 152 Å². The van der Waals surface area contributed by atoms with Crippen molar-refractivity contribution >= 4 is 22.7 Å². The lowest BCUT2D eigenvalue weighted by Crippen LogP contribution is -2.31. The van der Waals surface area contributed by atoms with Crippen LogP contribution in [0.2, 0.25) is 0 Å². The van der Waals surface area contributed by atoms with Crippen molar-refractivity contribution < 1.29 is 4.74 Å². The highest BCUT2D eigenvalue weighted by atomic mass is 16.5. The molecule has 0 amide bonds. The van der Waals surface area contributed by atoms with Crippen LogP contribution in [0.25, 0.3) is 11.0 Å². The van der Waals surface area contributed by atoms with Gasteiger partial charge in [0.15, 0.2) is 5.65 Å². The van der Waals surface area contributed by atoms with E-state index in [0.717, 1.165) is 41.9 Å². The maximum absolute atomic E-state index is 5.31. The maximum atomic E-state index is 5.31. The standard InChI is InChI=1S/C19H22N6O/c1-12-17-8-20-19(22-18(17)25(23-12)16-10-26-11-16)21-15-4-3-13-5-6-24(2)9-14(13)7-15/h3-4,7-8,16H,5-6,9-11H2,1-2H3,(H,20,21,22). The van der Waals surface area contributed by atoms with Crippen LogP contribution in [-0.4, -0.2) is 51.5 Å². The Bertz CT molecular complexity index is 978. The number of anilines is 2. The number of aryl methyl sites for hydroxylation is 1. The molecule has 1 aromatic carbocycles. The zero-order chi connectivity index (χ0) is 17.7. The highest BCUT2D eigenvalue weighted by Crippen LogP contribution is 2.26. The van der Waals surface area contributed by atoms with Gasteiger partial charge >= 0.3 is 0 Å². The third kappa shape index (κ3) is 2.64. The van der Waals surface area contributed by atoms with E-state index >= 15 is 0 Å². The lowest BCUT2D eigenvalue weighted by molar-refractivity contribution is -0.0270. The molecule has 1 N–H and O–H groups in total. The molecule has 1 fully saturated rings. The van der Waals surface area contributed by atoms with E-state index in [1.807, 2.05) is 17.8 Å². The number of likely N-dealkylation sites (N-methyl/N-ethyl adjacent to an activating group) is 1. The van der Waals surface area contributed by atoms with Crippen LogP contribution in [0, 0.1) is 6.92 Å². The predicted octanol–water partition coefficient (Wildman–Crippen LogP) is 2.44. The zero-order valence-electron chi connectivity index (χ0n) is 15.1. The molecule has 4 heterocycles. The number of hydrogen-bond acceptors (Lipinski definition) is 6. The number of rotatable bonds is 3. The molecule has 0 atom stereocenters. The number of ether oxygens (including phenoxy) is 1. The van der Waals surface area contributed by atoms with Gasteiger partial charge in [0, 0.05) is 25.0 Å². The summed E-state index contributed by atoms with van der Waals surface area (Å²) in [4.78, 5) is 11.6. The summed E-state index contributed by atoms with van der Waals surface area (Å²) in [6, 6.07) is 6.80. The van der Waals surface area contributed by atoms with Crippen molar-refractivity contribution in [1.29, 1.82) is 0 Å². The first-order chi connectivity index (χ1) is 12.7. The molecule has 0 unspecified atom stereocenters. The summed E-state index contributed by atoms with van der Waals surface area (Å²) < 4.78 is 7.29. The fourth-order valence-electron chi connectivity index (χ4n) is 3.65. The first kappa shape index (κ1) is 15.7. The predicted molar refractivity (Wildman–Crippen MR) is 99.7 cm³/mol. The first-order valence-electron chi connectivity index (χ1n) is 9.04. The summed E-state index contributed by atoms with van der Waals surface area (Å²) in [5, 5.41) is 8.98. The molecule has 0 radical (unpaired) electrons. The molecule has 1 saturated heterocycles. The molecule has 2 aromatic heterocycles. The van der Waals surface area contributed by atoms with Crippen molar-refractivity contribution in [1.82, 2.24) is 24.6 Å². The second kappa shape index (κ2) is 6.03. The average Bonchev–Trinajstić information content (AvgIpc) is 2.89. The van der Waals surface area contributed by atoms with Crippen LogP contribution in [0.1, 0.15) is 22.9 Å². The van der Waals surface area contributed by atoms with Gasteiger partial charge in [-0.05, 0) is 43.7 Å². The highest BCUT2D eigenvalue weighted by Gasteiger charge is 2.25. The van der Waals surface area contributed by atoms with Crippen LogP contribution in [0.15, 0.2) is 24.4 Å². The molecule has 0 aliphatic carbocycles. The monoisotopic (exact) mass is 350 g/mol. The van der Waals surface area contributed by atoms with E-state index in [9.17, 15) is 0 Å². The number of nitrogens with zero attached hydrogens (tertiary/aromatic N) is 5. The summed E-state index contributed by atoms with van der Waals surface area (Å²) in [7, 11) is 2.16. The zero-order valence-corrected chi connectivity index (χ0v) is 15.1. The average molecular weight is 350 g/mol. The Morgan fingerprint density at radius 3 is 2.92 bits per heavy atom. The van der Waals surface area contributed by atoms with Gasteiger partial charge in [-0.15, -0.1) is 0 Å². The summed E-state index contributed by atoms with van der Waals surface area (Å²) in [5.41, 5.74) is 5.65. The van der Waals surface area contributed by atoms with E-state index in [0.29, 0.717) is 19.2 Å². The lowest BCUT2D eigenvalue weighted by atomic mass is 9.99. The van der Waals surface area contributed by atoms with Gasteiger partial charge in [0.1, 0.15) is 6.04 Å². The van der Waals surface area contributed by atoms with Gasteiger partial charge in [0.25, 0.3) is 0 Å². The van der Waals surface area contributed by atoms with Crippen LogP contribution in [0.4, 0.5) is 11.6 Å². The molecular formula is C19H22N6O. The number of hydrogen-bond donors (Lipinski definition) is 1. The molecule has 7 heteroatoms. The van der Waals surface area contributed by atoms with E-state index in [-0.39, 0.29) is 6.04 Å². The van der Waals surface area contributed by atoms with E-state index in [2.05, 4.69) is 45.5 Å². The number of benzene rings is 1. The van der Waals surface area contributed by atoms with Crippen molar-refractivity contribution in [2.75, 3.05) is 32.1 Å². The van der Waals surface area contributed by atoms with Crippen molar-refractivity contribution in [3.63, 3.8) is 0 Å². The Morgan fingerprint density at radius 1 is 1.23 bits per heavy atom. The third-order valence-electron chi connectivity index (χ3n) is 5.27. The van der Waals surface area contributed by atoms with E-state index in [1.165, 1.54) is 11.1 Å². The van der Waals surface area contributed by atoms with E-state index in [1.54, 1.807) is 0 Å². The van der Waals surface area contributed by atoms with Crippen LogP contribution < -0.4 is 5.32 Å². The Morgan fingerprint density at radius 2 is 2.12 bits per heavy atom. The fraction of sp³-hybridized carbons (Fsp3) is 0.421. The molecule has 0 saturated carbocycles. The minimum Gasteiger partial charge on any atom is -0.377 e. The second-order valence-corrected chi connectivity index (χ2v) is 7.25. The minimum absolute atomic E-state index is 0.272. The fourth-order valence-corrected chi connectivity index (χ4v) is 3.65. The molecule has 5 rings (SSSR count). The lowest BCUT2D eigenvalue weighted by Gasteiger charge is -2.26. The van der Waals surface area contributed by atoms with Crippen LogP contribution in [-0.2, 0) is 17.7 Å². The number of fused-ring (bicyclic) bond motifs is 2. The third-order valence-corrected chi connectivity index (χ3v) is 5.27. The van der Waals surface area contributed by atoms with Crippen molar-refractivity contribution in [2.24, 2.45) is 0 Å². The van der Waals surface area contributed by atoms with E-state index in [4.69, 9.17) is 9.72 Å². The first-order valence-corrected chi connectivity index (χ1v) is 9.04. The molecule has 0 spiro atoms. The second-order valence-electron chi connectivity index (χ2n) is 7.25. The summed E-state index contributed by atoms with van der Waals surface area (Å²) in [5.74, 6) is 0.600. The van der Waals surface area contributed by atoms with Gasteiger partial charge in [-0.3, -0.25) is 0 Å². The molecule has 2 aliphatic rings. The van der Waals surface area contributed by atoms with Crippen molar-refractivity contribution in [2.45, 2.75) is 25.9 Å². The Balaban J connectivity index is 1.47. The minimum atomic E-state index is 0.272. The highest BCUT2D eigenvalue weighted by molar-refractivity contribution is 5.78. The van der Waals surface area contributed by atoms with Gasteiger partial charge in [-0.1, -0.05) is 6.07 Å². The number of aromatic nitrogens is 4. The Hall–Kier alpha value is -2.51. The normalized spacial score (nSPS) is 17.9. The van der Waals surface area contributed by atoms with Gasteiger partial charge in [-0.2, -0.15) is 10.1 Å².